The van der Waals surface area contributed by atoms with Crippen molar-refractivity contribution >= 4 is 17.5 Å². The lowest BCUT2D eigenvalue weighted by atomic mass is 9.96. The summed E-state index contributed by atoms with van der Waals surface area (Å²) in [5, 5.41) is 7.88. The lowest BCUT2D eigenvalue weighted by Gasteiger charge is -2.47. The van der Waals surface area contributed by atoms with E-state index in [9.17, 15) is 35.9 Å². The van der Waals surface area contributed by atoms with E-state index in [1.165, 1.54) is 0 Å². The molecule has 0 bridgehead atoms. The van der Waals surface area contributed by atoms with E-state index in [0.29, 0.717) is 32.7 Å². The molecular formula is C21H24F6N8O2. The summed E-state index contributed by atoms with van der Waals surface area (Å²) in [6.07, 6.45) is -7.00. The Labute approximate surface area is 206 Å². The molecule has 2 N–H and O–H groups in total. The first-order chi connectivity index (χ1) is 17.2. The first-order valence-corrected chi connectivity index (χ1v) is 11.3. The van der Waals surface area contributed by atoms with Crippen molar-refractivity contribution in [2.45, 2.75) is 31.4 Å². The van der Waals surface area contributed by atoms with E-state index in [0.717, 1.165) is 18.6 Å². The number of anilines is 2. The molecule has 0 aromatic carbocycles. The Morgan fingerprint density at radius 1 is 1.11 bits per heavy atom. The highest BCUT2D eigenvalue weighted by Gasteiger charge is 2.41. The average Bonchev–Trinajstić information content (AvgIpc) is 2.73. The van der Waals surface area contributed by atoms with E-state index in [1.54, 1.807) is 28.9 Å². The van der Waals surface area contributed by atoms with E-state index in [4.69, 9.17) is 0 Å². The van der Waals surface area contributed by atoms with Crippen molar-refractivity contribution in [3.63, 3.8) is 0 Å². The molecule has 0 radical (unpaired) electrons. The van der Waals surface area contributed by atoms with Crippen LogP contribution in [0.4, 0.5) is 38.0 Å². The molecule has 2 saturated heterocycles. The fourth-order valence-corrected chi connectivity index (χ4v) is 4.33. The van der Waals surface area contributed by atoms with E-state index in [-0.39, 0.29) is 23.8 Å². The molecular weight excluding hydrogens is 510 g/mol. The zero-order valence-corrected chi connectivity index (χ0v) is 19.8. The Balaban J connectivity index is 1.23. The largest absolute Gasteiger partial charge is 0.423 e. The second kappa shape index (κ2) is 9.79. The van der Waals surface area contributed by atoms with Gasteiger partial charge in [0.2, 0.25) is 11.9 Å². The fourth-order valence-electron chi connectivity index (χ4n) is 4.33. The van der Waals surface area contributed by atoms with E-state index in [2.05, 4.69) is 20.4 Å². The number of hydrogen-bond donors (Lipinski definition) is 2. The monoisotopic (exact) mass is 534 g/mol. The number of nitrogens with one attached hydrogen (secondary N) is 2. The van der Waals surface area contributed by atoms with Crippen LogP contribution in [0.1, 0.15) is 18.1 Å². The molecule has 2 aliphatic heterocycles. The van der Waals surface area contributed by atoms with Crippen molar-refractivity contribution in [2.24, 2.45) is 5.92 Å². The molecule has 2 aliphatic rings. The molecule has 1 atom stereocenters. The highest BCUT2D eigenvalue weighted by Crippen LogP contribution is 2.32. The molecule has 1 amide bonds. The number of H-pyrrole nitrogens is 1. The molecule has 2 aromatic heterocycles. The lowest BCUT2D eigenvalue weighted by molar-refractivity contribution is -0.142. The molecule has 37 heavy (non-hydrogen) atoms. The van der Waals surface area contributed by atoms with Gasteiger partial charge in [0.25, 0.3) is 5.56 Å². The molecule has 4 rings (SSSR count). The van der Waals surface area contributed by atoms with Gasteiger partial charge in [-0.05, 0) is 6.92 Å². The Morgan fingerprint density at radius 2 is 1.73 bits per heavy atom. The molecule has 0 saturated carbocycles. The number of aromatic amines is 1. The number of amides is 1. The maximum Gasteiger partial charge on any atom is 0.423 e. The van der Waals surface area contributed by atoms with Gasteiger partial charge in [-0.3, -0.25) is 14.5 Å². The van der Waals surface area contributed by atoms with Crippen molar-refractivity contribution in [3.8, 4) is 0 Å². The van der Waals surface area contributed by atoms with Gasteiger partial charge in [0.15, 0.2) is 0 Å². The number of nitrogens with zero attached hydrogens (tertiary/aromatic N) is 6. The zero-order valence-electron chi connectivity index (χ0n) is 19.8. The summed E-state index contributed by atoms with van der Waals surface area (Å²) in [4.78, 5) is 37.1. The Hall–Kier alpha value is -3.43. The highest BCUT2D eigenvalue weighted by atomic mass is 19.4. The number of likely N-dealkylation sites (tertiary alicyclic amines) is 1. The van der Waals surface area contributed by atoms with Crippen molar-refractivity contribution in [2.75, 3.05) is 50.0 Å². The van der Waals surface area contributed by atoms with Crippen molar-refractivity contribution in [1.82, 2.24) is 30.0 Å². The summed E-state index contributed by atoms with van der Waals surface area (Å²) in [6.45, 7) is 3.63. The van der Waals surface area contributed by atoms with E-state index in [1.807, 2.05) is 4.90 Å². The van der Waals surface area contributed by atoms with Gasteiger partial charge in [-0.15, -0.1) is 0 Å². The molecule has 4 heterocycles. The summed E-state index contributed by atoms with van der Waals surface area (Å²) in [5.74, 6) is -0.209. The van der Waals surface area contributed by atoms with Crippen LogP contribution in [0.2, 0.25) is 0 Å². The minimum Gasteiger partial charge on any atom is -0.379 e. The van der Waals surface area contributed by atoms with Crippen molar-refractivity contribution in [1.29, 1.82) is 0 Å². The van der Waals surface area contributed by atoms with Crippen LogP contribution in [0.3, 0.4) is 0 Å². The smallest absolute Gasteiger partial charge is 0.379 e. The molecule has 2 aromatic rings. The highest BCUT2D eigenvalue weighted by molar-refractivity contribution is 5.80. The summed E-state index contributed by atoms with van der Waals surface area (Å²) >= 11 is 0. The van der Waals surface area contributed by atoms with Crippen LogP contribution in [-0.4, -0.2) is 87.7 Å². The number of halogens is 6. The van der Waals surface area contributed by atoms with E-state index >= 15 is 0 Å². The third-order valence-corrected chi connectivity index (χ3v) is 6.39. The van der Waals surface area contributed by atoms with Gasteiger partial charge in [0, 0.05) is 58.2 Å². The van der Waals surface area contributed by atoms with Gasteiger partial charge in [-0.25, -0.2) is 15.1 Å². The summed E-state index contributed by atoms with van der Waals surface area (Å²) in [7, 11) is 1.66. The van der Waals surface area contributed by atoms with Gasteiger partial charge in [0.1, 0.15) is 5.56 Å². The molecule has 202 valence electrons. The maximum atomic E-state index is 13.2. The standard InChI is InChI=1S/C21H24F6N8O2/c1-11(31-15-5-30-32-17(36)16(15)21(25,26)27)6-34-7-12(8-34)18(37)33(2)14-9-35(10-14)19-28-3-13(4-29-19)20(22,23)24/h3-5,11-12,14H,6-10H2,1-2H3,(H2,31,32,36)/t11-/m0/s1. The summed E-state index contributed by atoms with van der Waals surface area (Å²) in [5.41, 5.74) is -4.02. The predicted octanol–water partition coefficient (Wildman–Crippen LogP) is 1.68. The quantitative estimate of drug-likeness (QED) is 0.517. The average molecular weight is 534 g/mol. The zero-order chi connectivity index (χ0) is 27.1. The second-order valence-electron chi connectivity index (χ2n) is 9.22. The number of carbonyl (C=O) groups excluding carboxylic acids is 1. The number of likely N-dealkylation sites (N-methyl/N-ethyl adjacent to an activating group) is 1. The molecule has 0 aliphatic carbocycles. The first-order valence-electron chi connectivity index (χ1n) is 11.3. The third kappa shape index (κ3) is 5.78. The minimum absolute atomic E-state index is 0.0898. The summed E-state index contributed by atoms with van der Waals surface area (Å²) in [6, 6.07) is -0.597. The first kappa shape index (κ1) is 26.6. The molecule has 0 unspecified atom stereocenters. The number of carbonyl (C=O) groups is 1. The van der Waals surface area contributed by atoms with Crippen molar-refractivity contribution in [3.05, 3.63) is 40.1 Å². The normalized spacial score (nSPS) is 18.2. The van der Waals surface area contributed by atoms with Crippen LogP contribution in [0.15, 0.2) is 23.4 Å². The number of aromatic nitrogens is 4. The molecule has 10 nitrogen and oxygen atoms in total. The Morgan fingerprint density at radius 3 is 2.30 bits per heavy atom. The van der Waals surface area contributed by atoms with Gasteiger partial charge in [-0.1, -0.05) is 0 Å². The van der Waals surface area contributed by atoms with Crippen LogP contribution in [0.5, 0.6) is 0 Å². The SMILES string of the molecule is C[C@@H](CN1CC(C(=O)N(C)C2CN(c3ncc(C(F)(F)F)cn3)C2)C1)Nc1cn[nH]c(=O)c1C(F)(F)F. The predicted molar refractivity (Wildman–Crippen MR) is 119 cm³/mol. The maximum absolute atomic E-state index is 13.2. The molecule has 0 spiro atoms. The molecule has 2 fully saturated rings. The number of hydrogen-bond acceptors (Lipinski definition) is 8. The Bertz CT molecular complexity index is 1170. The van der Waals surface area contributed by atoms with Crippen LogP contribution in [-0.2, 0) is 17.1 Å². The lowest BCUT2D eigenvalue weighted by Crippen LogP contribution is -2.64. The molecule has 16 heteroatoms. The summed E-state index contributed by atoms with van der Waals surface area (Å²) < 4.78 is 77.6. The van der Waals surface area contributed by atoms with Crippen LogP contribution >= 0.6 is 0 Å². The number of rotatable bonds is 7. The van der Waals surface area contributed by atoms with Gasteiger partial charge in [0.05, 0.1) is 29.4 Å². The third-order valence-electron chi connectivity index (χ3n) is 6.39. The Kier molecular flexibility index (Phi) is 7.05. The van der Waals surface area contributed by atoms with Crippen LogP contribution in [0.25, 0.3) is 0 Å². The minimum atomic E-state index is -4.84. The number of alkyl halides is 6. The van der Waals surface area contributed by atoms with E-state index < -0.39 is 40.8 Å². The van der Waals surface area contributed by atoms with Gasteiger partial charge < -0.3 is 15.1 Å². The van der Waals surface area contributed by atoms with Crippen LogP contribution < -0.4 is 15.8 Å². The topological polar surface area (TPSA) is 110 Å². The van der Waals surface area contributed by atoms with Crippen LogP contribution in [0, 0.1) is 5.92 Å². The fraction of sp³-hybridized carbons (Fsp3) is 0.571. The van der Waals surface area contributed by atoms with Gasteiger partial charge in [-0.2, -0.15) is 31.4 Å². The van der Waals surface area contributed by atoms with Gasteiger partial charge >= 0.3 is 12.4 Å². The van der Waals surface area contributed by atoms with Crippen molar-refractivity contribution < 1.29 is 31.1 Å². The second-order valence-corrected chi connectivity index (χ2v) is 9.22.